The maximum atomic E-state index is 2.16. The molecule has 0 unspecified atom stereocenters. The normalized spacial score (nSPS) is 8.45. The molecule has 0 saturated carbocycles. The summed E-state index contributed by atoms with van der Waals surface area (Å²) >= 11 is 0. The van der Waals surface area contributed by atoms with E-state index in [1.165, 1.54) is 39.1 Å². The Kier molecular flexibility index (Phi) is 20.4. The zero-order chi connectivity index (χ0) is 24.1. The Morgan fingerprint density at radius 1 is 0.419 bits per heavy atom. The second-order valence-corrected chi connectivity index (χ2v) is 6.30. The monoisotopic (exact) mass is 418 g/mol. The zero-order valence-electron chi connectivity index (χ0n) is 21.8. The van der Waals surface area contributed by atoms with Crippen LogP contribution in [-0.4, -0.2) is 0 Å². The minimum Gasteiger partial charge on any atom is -0.0683 e. The molecule has 0 bridgehead atoms. The number of fused-ring (bicyclic) bond motifs is 2. The lowest BCUT2D eigenvalue weighted by atomic mass is 10.1. The third-order valence-corrected chi connectivity index (χ3v) is 4.02. The van der Waals surface area contributed by atoms with Gasteiger partial charge in [0.15, 0.2) is 0 Å². The average molecular weight is 419 g/mol. The van der Waals surface area contributed by atoms with Crippen molar-refractivity contribution in [2.24, 2.45) is 0 Å². The van der Waals surface area contributed by atoms with Crippen molar-refractivity contribution in [3.8, 4) is 0 Å². The Morgan fingerprint density at radius 2 is 0.677 bits per heavy atom. The van der Waals surface area contributed by atoms with E-state index in [1.807, 2.05) is 41.5 Å². The summed E-state index contributed by atoms with van der Waals surface area (Å²) in [6.07, 6.45) is 1.25. The van der Waals surface area contributed by atoms with Crippen LogP contribution in [0.3, 0.4) is 0 Å². The largest absolute Gasteiger partial charge is 0.0683 e. The van der Waals surface area contributed by atoms with Gasteiger partial charge >= 0.3 is 0 Å². The molecular weight excluding hydrogens is 372 g/mol. The third-order valence-electron chi connectivity index (χ3n) is 4.02. The molecule has 4 rings (SSSR count). The molecule has 0 N–H and O–H groups in total. The molecule has 0 aromatic heterocycles. The van der Waals surface area contributed by atoms with Gasteiger partial charge in [-0.3, -0.25) is 0 Å². The molecule has 0 heteroatoms. The zero-order valence-corrected chi connectivity index (χ0v) is 21.8. The summed E-state index contributed by atoms with van der Waals surface area (Å²) < 4.78 is 0. The molecule has 0 amide bonds. The van der Waals surface area contributed by atoms with Crippen molar-refractivity contribution < 1.29 is 0 Å². The molecule has 0 aliphatic heterocycles. The van der Waals surface area contributed by atoms with E-state index < -0.39 is 0 Å². The van der Waals surface area contributed by atoms with Gasteiger partial charge in [0.25, 0.3) is 0 Å². The van der Waals surface area contributed by atoms with Crippen molar-refractivity contribution in [3.63, 3.8) is 0 Å². The molecule has 0 heterocycles. The smallest absolute Gasteiger partial charge is 0.0155 e. The van der Waals surface area contributed by atoms with Crippen molar-refractivity contribution in [3.05, 3.63) is 96.1 Å². The second-order valence-electron chi connectivity index (χ2n) is 6.30. The molecule has 31 heavy (non-hydrogen) atoms. The molecule has 170 valence electrons. The second kappa shape index (κ2) is 20.7. The van der Waals surface area contributed by atoms with E-state index in [0.29, 0.717) is 0 Å². The van der Waals surface area contributed by atoms with Crippen molar-refractivity contribution in [2.75, 3.05) is 0 Å². The summed E-state index contributed by atoms with van der Waals surface area (Å²) in [6, 6.07) is 29.7. The highest BCUT2D eigenvalue weighted by molar-refractivity contribution is 5.85. The summed E-state index contributed by atoms with van der Waals surface area (Å²) in [6.45, 7) is 20.5. The highest BCUT2D eigenvalue weighted by atomic mass is 14.0. The predicted molar refractivity (Wildman–Crippen MR) is 147 cm³/mol. The van der Waals surface area contributed by atoms with E-state index in [-0.39, 0.29) is 0 Å². The van der Waals surface area contributed by atoms with Crippen LogP contribution >= 0.6 is 0 Å². The Bertz CT molecular complexity index is 831. The van der Waals surface area contributed by atoms with Crippen molar-refractivity contribution in [1.82, 2.24) is 0 Å². The fourth-order valence-electron chi connectivity index (χ4n) is 2.77. The molecular formula is C31H46. The van der Waals surface area contributed by atoms with Crippen LogP contribution in [0.25, 0.3) is 21.5 Å². The Balaban J connectivity index is 0. The van der Waals surface area contributed by atoms with Gasteiger partial charge in [-0.15, -0.1) is 0 Å². The highest BCUT2D eigenvalue weighted by Gasteiger charge is 1.93. The van der Waals surface area contributed by atoms with Crippen LogP contribution < -0.4 is 0 Å². The first-order valence-corrected chi connectivity index (χ1v) is 12.1. The molecule has 4 aromatic carbocycles. The SMILES string of the molecule is CC.CC.CC.CCC.Cc1cccc2ccccc12.Cc1cccc2ccccc12. The minimum absolute atomic E-state index is 1.25. The standard InChI is InChI=1S/2C11H10.C3H8.3C2H6/c2*1-9-5-4-7-10-6-2-3-8-11(9)10;1-3-2;3*1-2/h2*2-8H,1H3;3H2,1-2H3;3*1-2H3. The van der Waals surface area contributed by atoms with Crippen LogP contribution in [-0.2, 0) is 0 Å². The lowest BCUT2D eigenvalue weighted by Crippen LogP contribution is -1.75. The van der Waals surface area contributed by atoms with E-state index in [4.69, 9.17) is 0 Å². The number of benzene rings is 4. The number of aryl methyl sites for hydroxylation is 2. The molecule has 0 nitrogen and oxygen atoms in total. The van der Waals surface area contributed by atoms with Gasteiger partial charge in [0.1, 0.15) is 0 Å². The van der Waals surface area contributed by atoms with Crippen molar-refractivity contribution in [1.29, 1.82) is 0 Å². The first kappa shape index (κ1) is 30.6. The summed E-state index contributed by atoms with van der Waals surface area (Å²) in [5, 5.41) is 5.37. The van der Waals surface area contributed by atoms with Crippen LogP contribution in [0.1, 0.15) is 72.9 Å². The predicted octanol–water partition coefficient (Wildman–Crippen LogP) is 10.8. The Morgan fingerprint density at radius 3 is 0.968 bits per heavy atom. The number of rotatable bonds is 0. The summed E-state index contributed by atoms with van der Waals surface area (Å²) in [5.74, 6) is 0. The van der Waals surface area contributed by atoms with Gasteiger partial charge in [0.2, 0.25) is 0 Å². The third kappa shape index (κ3) is 11.4. The first-order valence-electron chi connectivity index (χ1n) is 12.1. The van der Waals surface area contributed by atoms with Gasteiger partial charge in [-0.05, 0) is 46.5 Å². The topological polar surface area (TPSA) is 0 Å². The van der Waals surface area contributed by atoms with E-state index in [0.717, 1.165) is 0 Å². The van der Waals surface area contributed by atoms with Crippen molar-refractivity contribution in [2.45, 2.75) is 75.7 Å². The van der Waals surface area contributed by atoms with Gasteiger partial charge < -0.3 is 0 Å². The Labute approximate surface area is 193 Å². The number of hydrogen-bond donors (Lipinski definition) is 0. The summed E-state index contributed by atoms with van der Waals surface area (Å²) in [4.78, 5) is 0. The van der Waals surface area contributed by atoms with Gasteiger partial charge in [-0.1, -0.05) is 147 Å². The molecule has 0 fully saturated rings. The summed E-state index contributed by atoms with van der Waals surface area (Å²) in [7, 11) is 0. The molecule has 0 atom stereocenters. The Hall–Kier alpha value is -2.60. The lowest BCUT2D eigenvalue weighted by molar-refractivity contribution is 1.09. The van der Waals surface area contributed by atoms with Gasteiger partial charge in [0, 0.05) is 0 Å². The minimum atomic E-state index is 1.25. The quantitative estimate of drug-likeness (QED) is 0.266. The van der Waals surface area contributed by atoms with Crippen LogP contribution in [0.2, 0.25) is 0 Å². The molecule has 0 aliphatic carbocycles. The van der Waals surface area contributed by atoms with Crippen LogP contribution in [0, 0.1) is 13.8 Å². The van der Waals surface area contributed by atoms with Crippen LogP contribution in [0.5, 0.6) is 0 Å². The fraction of sp³-hybridized carbons (Fsp3) is 0.355. The van der Waals surface area contributed by atoms with E-state index >= 15 is 0 Å². The van der Waals surface area contributed by atoms with E-state index in [2.05, 4.69) is 113 Å². The van der Waals surface area contributed by atoms with Crippen LogP contribution in [0.4, 0.5) is 0 Å². The number of hydrogen-bond acceptors (Lipinski definition) is 0. The molecule has 0 aliphatic rings. The molecule has 0 spiro atoms. The lowest BCUT2D eigenvalue weighted by Gasteiger charge is -1.98. The molecule has 4 aromatic rings. The van der Waals surface area contributed by atoms with Crippen LogP contribution in [0.15, 0.2) is 84.9 Å². The molecule has 0 saturated heterocycles. The van der Waals surface area contributed by atoms with E-state index in [1.54, 1.807) is 0 Å². The fourth-order valence-corrected chi connectivity index (χ4v) is 2.77. The van der Waals surface area contributed by atoms with Gasteiger partial charge in [0.05, 0.1) is 0 Å². The van der Waals surface area contributed by atoms with E-state index in [9.17, 15) is 0 Å². The van der Waals surface area contributed by atoms with Gasteiger partial charge in [-0.2, -0.15) is 0 Å². The first-order chi connectivity index (χ1) is 15.2. The van der Waals surface area contributed by atoms with Gasteiger partial charge in [-0.25, -0.2) is 0 Å². The highest BCUT2D eigenvalue weighted by Crippen LogP contribution is 2.17. The summed E-state index contributed by atoms with van der Waals surface area (Å²) in [5.41, 5.74) is 2.70. The van der Waals surface area contributed by atoms with Crippen molar-refractivity contribution >= 4 is 21.5 Å². The maximum absolute atomic E-state index is 2.16. The average Bonchev–Trinajstić information content (AvgIpc) is 2.85. The molecule has 0 radical (unpaired) electrons. The maximum Gasteiger partial charge on any atom is -0.0155 e.